The van der Waals surface area contributed by atoms with Gasteiger partial charge in [0, 0.05) is 11.3 Å². The number of nitrogens with one attached hydrogen (secondary N) is 1. The maximum Gasteiger partial charge on any atom is 0.310 e. The van der Waals surface area contributed by atoms with Crippen molar-refractivity contribution in [2.24, 2.45) is 11.8 Å². The standard InChI is InChI=1S/C20H19NO4/c22-19(17-15-10-11-16(25-15)18(17)20(23)24)21-14-9-5-4-8-13(14)12-6-2-1-3-7-12/h1-9,15-18H,10-11H2,(H,21,22)(H,23,24)/t15-,16-,17+,18+/m1/s1. The van der Waals surface area contributed by atoms with E-state index in [9.17, 15) is 14.7 Å². The molecule has 2 aliphatic rings. The van der Waals surface area contributed by atoms with E-state index in [1.165, 1.54) is 0 Å². The molecule has 0 saturated carbocycles. The predicted octanol–water partition coefficient (Wildman–Crippen LogP) is 3.17. The van der Waals surface area contributed by atoms with E-state index in [0.29, 0.717) is 12.1 Å². The van der Waals surface area contributed by atoms with Crippen LogP contribution in [0, 0.1) is 11.8 Å². The molecule has 2 fully saturated rings. The SMILES string of the molecule is O=C(O)[C@@H]1[C@@H](C(=O)Nc2ccccc2-c2ccccc2)[C@H]2CC[C@H]1O2. The zero-order chi connectivity index (χ0) is 17.4. The fourth-order valence-corrected chi connectivity index (χ4v) is 4.00. The van der Waals surface area contributed by atoms with Gasteiger partial charge in [-0.25, -0.2) is 0 Å². The van der Waals surface area contributed by atoms with Crippen molar-refractivity contribution in [1.82, 2.24) is 0 Å². The van der Waals surface area contributed by atoms with Crippen molar-refractivity contribution in [2.45, 2.75) is 25.0 Å². The normalized spacial score (nSPS) is 27.2. The number of benzene rings is 2. The number of carboxylic acids is 1. The van der Waals surface area contributed by atoms with Gasteiger partial charge >= 0.3 is 5.97 Å². The summed E-state index contributed by atoms with van der Waals surface area (Å²) >= 11 is 0. The van der Waals surface area contributed by atoms with Crippen LogP contribution in [0.15, 0.2) is 54.6 Å². The number of carbonyl (C=O) groups is 2. The van der Waals surface area contributed by atoms with Crippen molar-refractivity contribution < 1.29 is 19.4 Å². The smallest absolute Gasteiger partial charge is 0.310 e. The zero-order valence-corrected chi connectivity index (χ0v) is 13.6. The predicted molar refractivity (Wildman–Crippen MR) is 93.0 cm³/mol. The molecule has 2 saturated heterocycles. The quantitative estimate of drug-likeness (QED) is 0.898. The van der Waals surface area contributed by atoms with Crippen molar-refractivity contribution in [3.05, 3.63) is 54.6 Å². The van der Waals surface area contributed by atoms with Crippen molar-refractivity contribution in [3.63, 3.8) is 0 Å². The van der Waals surface area contributed by atoms with Crippen LogP contribution in [-0.4, -0.2) is 29.2 Å². The number of anilines is 1. The molecule has 25 heavy (non-hydrogen) atoms. The Kier molecular flexibility index (Phi) is 4.01. The monoisotopic (exact) mass is 337 g/mol. The van der Waals surface area contributed by atoms with Crippen LogP contribution in [0.4, 0.5) is 5.69 Å². The molecular formula is C20H19NO4. The van der Waals surface area contributed by atoms with Gasteiger partial charge in [-0.2, -0.15) is 0 Å². The summed E-state index contributed by atoms with van der Waals surface area (Å²) in [4.78, 5) is 24.4. The van der Waals surface area contributed by atoms with Gasteiger partial charge in [-0.1, -0.05) is 48.5 Å². The number of para-hydroxylation sites is 1. The molecule has 2 heterocycles. The average Bonchev–Trinajstić information content (AvgIpc) is 3.24. The van der Waals surface area contributed by atoms with Gasteiger partial charge in [0.05, 0.1) is 24.0 Å². The molecule has 128 valence electrons. The van der Waals surface area contributed by atoms with Gasteiger partial charge in [-0.3, -0.25) is 9.59 Å². The van der Waals surface area contributed by atoms with E-state index < -0.39 is 17.8 Å². The number of amides is 1. The summed E-state index contributed by atoms with van der Waals surface area (Å²) in [6.07, 6.45) is 0.816. The van der Waals surface area contributed by atoms with Crippen LogP contribution in [0.3, 0.4) is 0 Å². The summed E-state index contributed by atoms with van der Waals surface area (Å²) in [6.45, 7) is 0. The number of aliphatic carboxylic acids is 1. The van der Waals surface area contributed by atoms with Crippen LogP contribution in [0.2, 0.25) is 0 Å². The molecule has 2 bridgehead atoms. The molecule has 0 spiro atoms. The fourth-order valence-electron chi connectivity index (χ4n) is 4.00. The van der Waals surface area contributed by atoms with Gasteiger partial charge in [-0.05, 0) is 24.5 Å². The maximum atomic E-state index is 12.8. The Hall–Kier alpha value is -2.66. The summed E-state index contributed by atoms with van der Waals surface area (Å²) in [6, 6.07) is 17.3. The van der Waals surface area contributed by atoms with Crippen LogP contribution in [0.1, 0.15) is 12.8 Å². The number of fused-ring (bicyclic) bond motifs is 2. The Balaban J connectivity index is 1.61. The lowest BCUT2D eigenvalue weighted by atomic mass is 9.78. The largest absolute Gasteiger partial charge is 0.481 e. The fraction of sp³-hybridized carbons (Fsp3) is 0.300. The lowest BCUT2D eigenvalue weighted by Gasteiger charge is -2.24. The first-order valence-electron chi connectivity index (χ1n) is 8.49. The maximum absolute atomic E-state index is 12.8. The molecule has 0 unspecified atom stereocenters. The number of hydrogen-bond acceptors (Lipinski definition) is 3. The molecule has 1 amide bonds. The molecule has 2 aliphatic heterocycles. The number of rotatable bonds is 4. The number of hydrogen-bond donors (Lipinski definition) is 2. The minimum atomic E-state index is -0.955. The number of ether oxygens (including phenoxy) is 1. The van der Waals surface area contributed by atoms with Crippen LogP contribution in [0.25, 0.3) is 11.1 Å². The third-order valence-electron chi connectivity index (χ3n) is 5.13. The van der Waals surface area contributed by atoms with Crippen molar-refractivity contribution >= 4 is 17.6 Å². The van der Waals surface area contributed by atoms with Crippen LogP contribution in [-0.2, 0) is 14.3 Å². The van der Waals surface area contributed by atoms with E-state index in [0.717, 1.165) is 17.5 Å². The molecule has 5 nitrogen and oxygen atoms in total. The van der Waals surface area contributed by atoms with E-state index in [1.54, 1.807) is 0 Å². The highest BCUT2D eigenvalue weighted by molar-refractivity contribution is 5.99. The van der Waals surface area contributed by atoms with Crippen LogP contribution < -0.4 is 5.32 Å². The van der Waals surface area contributed by atoms with Gasteiger partial charge in [0.2, 0.25) is 5.91 Å². The van der Waals surface area contributed by atoms with Crippen LogP contribution in [0.5, 0.6) is 0 Å². The molecule has 0 aromatic heterocycles. The van der Waals surface area contributed by atoms with Gasteiger partial charge in [0.15, 0.2) is 0 Å². The highest BCUT2D eigenvalue weighted by Crippen LogP contribution is 2.44. The van der Waals surface area contributed by atoms with E-state index in [-0.39, 0.29) is 18.1 Å². The summed E-state index contributed by atoms with van der Waals surface area (Å²) in [5.41, 5.74) is 2.59. The van der Waals surface area contributed by atoms with Crippen molar-refractivity contribution in [2.75, 3.05) is 5.32 Å². The third-order valence-corrected chi connectivity index (χ3v) is 5.13. The Labute approximate surface area is 145 Å². The third kappa shape index (κ3) is 2.81. The summed E-state index contributed by atoms with van der Waals surface area (Å²) in [5.74, 6) is -2.63. The summed E-state index contributed by atoms with van der Waals surface area (Å²) in [5, 5.41) is 12.4. The topological polar surface area (TPSA) is 75.6 Å². The summed E-state index contributed by atoms with van der Waals surface area (Å²) < 4.78 is 5.69. The van der Waals surface area contributed by atoms with Crippen molar-refractivity contribution in [3.8, 4) is 11.1 Å². The van der Waals surface area contributed by atoms with Crippen LogP contribution >= 0.6 is 0 Å². The lowest BCUT2D eigenvalue weighted by Crippen LogP contribution is -2.41. The lowest BCUT2D eigenvalue weighted by molar-refractivity contribution is -0.147. The Morgan fingerprint density at radius 1 is 0.920 bits per heavy atom. The highest BCUT2D eigenvalue weighted by Gasteiger charge is 2.55. The second-order valence-corrected chi connectivity index (χ2v) is 6.58. The van der Waals surface area contributed by atoms with E-state index in [2.05, 4.69) is 5.32 Å². The Bertz CT molecular complexity index is 804. The molecule has 4 rings (SSSR count). The first-order chi connectivity index (χ1) is 12.1. The molecule has 0 radical (unpaired) electrons. The second kappa shape index (κ2) is 6.33. The zero-order valence-electron chi connectivity index (χ0n) is 13.6. The Morgan fingerprint density at radius 2 is 1.56 bits per heavy atom. The average molecular weight is 337 g/mol. The molecule has 2 N–H and O–H groups in total. The minimum absolute atomic E-state index is 0.275. The molecule has 2 aromatic rings. The van der Waals surface area contributed by atoms with E-state index in [4.69, 9.17) is 4.74 Å². The van der Waals surface area contributed by atoms with Crippen molar-refractivity contribution in [1.29, 1.82) is 0 Å². The molecule has 0 aliphatic carbocycles. The molecule has 5 heteroatoms. The number of carbonyl (C=O) groups excluding carboxylic acids is 1. The summed E-state index contributed by atoms with van der Waals surface area (Å²) in [7, 11) is 0. The highest BCUT2D eigenvalue weighted by atomic mass is 16.5. The van der Waals surface area contributed by atoms with Gasteiger partial charge in [0.25, 0.3) is 0 Å². The first-order valence-corrected chi connectivity index (χ1v) is 8.49. The molecule has 4 atom stereocenters. The molecule has 2 aromatic carbocycles. The van der Waals surface area contributed by atoms with E-state index >= 15 is 0 Å². The van der Waals surface area contributed by atoms with Gasteiger partial charge < -0.3 is 15.2 Å². The molecular weight excluding hydrogens is 318 g/mol. The Morgan fingerprint density at radius 3 is 2.28 bits per heavy atom. The van der Waals surface area contributed by atoms with E-state index in [1.807, 2.05) is 54.6 Å². The minimum Gasteiger partial charge on any atom is -0.481 e. The van der Waals surface area contributed by atoms with Gasteiger partial charge in [0.1, 0.15) is 0 Å². The number of carboxylic acid groups (broad SMARTS) is 1. The second-order valence-electron chi connectivity index (χ2n) is 6.58. The van der Waals surface area contributed by atoms with Gasteiger partial charge in [-0.15, -0.1) is 0 Å². The first kappa shape index (κ1) is 15.8.